The van der Waals surface area contributed by atoms with Gasteiger partial charge < -0.3 is 5.32 Å². The minimum atomic E-state index is 0. The molecule has 3 nitrogen and oxygen atoms in total. The summed E-state index contributed by atoms with van der Waals surface area (Å²) < 4.78 is 0. The summed E-state index contributed by atoms with van der Waals surface area (Å²) >= 11 is 5.94. The van der Waals surface area contributed by atoms with Crippen LogP contribution >= 0.6 is 24.0 Å². The Kier molecular flexibility index (Phi) is 5.57. The van der Waals surface area contributed by atoms with E-state index in [4.69, 9.17) is 11.6 Å². The fourth-order valence-corrected chi connectivity index (χ4v) is 2.81. The molecule has 0 bridgehead atoms. The number of aryl methyl sites for hydroxylation is 1. The van der Waals surface area contributed by atoms with E-state index >= 15 is 0 Å². The highest BCUT2D eigenvalue weighted by Gasteiger charge is 2.18. The molecule has 3 rings (SSSR count). The van der Waals surface area contributed by atoms with Gasteiger partial charge in [0.25, 0.3) is 0 Å². The summed E-state index contributed by atoms with van der Waals surface area (Å²) in [5.74, 6) is 1.38. The second kappa shape index (κ2) is 7.21. The van der Waals surface area contributed by atoms with E-state index < -0.39 is 0 Å². The number of benzene rings is 1. The molecule has 2 aromatic rings. The van der Waals surface area contributed by atoms with Crippen LogP contribution < -0.4 is 5.32 Å². The highest BCUT2D eigenvalue weighted by Crippen LogP contribution is 2.27. The van der Waals surface area contributed by atoms with Gasteiger partial charge in [-0.1, -0.05) is 23.7 Å². The van der Waals surface area contributed by atoms with E-state index in [1.807, 2.05) is 31.2 Å². The van der Waals surface area contributed by atoms with Crippen molar-refractivity contribution in [3.63, 3.8) is 0 Å². The van der Waals surface area contributed by atoms with Crippen LogP contribution in [0, 0.1) is 6.92 Å². The van der Waals surface area contributed by atoms with Crippen LogP contribution in [0.3, 0.4) is 0 Å². The van der Waals surface area contributed by atoms with Gasteiger partial charge in [-0.2, -0.15) is 0 Å². The quantitative estimate of drug-likeness (QED) is 0.907. The van der Waals surface area contributed by atoms with Crippen molar-refractivity contribution in [3.05, 3.63) is 46.9 Å². The van der Waals surface area contributed by atoms with E-state index in [1.165, 1.54) is 5.69 Å². The summed E-state index contributed by atoms with van der Waals surface area (Å²) in [6.45, 7) is 4.11. The number of rotatable bonds is 2. The average molecular weight is 324 g/mol. The Labute approximate surface area is 136 Å². The van der Waals surface area contributed by atoms with Crippen molar-refractivity contribution in [2.75, 3.05) is 13.1 Å². The number of piperidine rings is 1. The molecule has 1 aromatic heterocycles. The summed E-state index contributed by atoms with van der Waals surface area (Å²) in [4.78, 5) is 9.19. The van der Waals surface area contributed by atoms with Crippen molar-refractivity contribution < 1.29 is 0 Å². The molecule has 112 valence electrons. The van der Waals surface area contributed by atoms with Gasteiger partial charge in [0.15, 0.2) is 0 Å². The van der Waals surface area contributed by atoms with Gasteiger partial charge in [0.2, 0.25) is 0 Å². The Hall–Kier alpha value is -1.16. The van der Waals surface area contributed by atoms with Gasteiger partial charge >= 0.3 is 0 Å². The number of aromatic nitrogens is 2. The van der Waals surface area contributed by atoms with Crippen molar-refractivity contribution in [2.24, 2.45) is 0 Å². The molecule has 0 unspecified atom stereocenters. The van der Waals surface area contributed by atoms with E-state index in [0.717, 1.165) is 48.0 Å². The Balaban J connectivity index is 0.00000161. The first-order chi connectivity index (χ1) is 9.72. The minimum absolute atomic E-state index is 0. The molecule has 1 aromatic carbocycles. The second-order valence-corrected chi connectivity index (χ2v) is 5.69. The van der Waals surface area contributed by atoms with E-state index in [0.29, 0.717) is 5.92 Å². The van der Waals surface area contributed by atoms with Crippen LogP contribution in [0.25, 0.3) is 11.3 Å². The molecule has 0 amide bonds. The van der Waals surface area contributed by atoms with Crippen molar-refractivity contribution in [2.45, 2.75) is 25.7 Å². The predicted octanol–water partition coefficient (Wildman–Crippen LogP) is 3.99. The van der Waals surface area contributed by atoms with Gasteiger partial charge in [0.1, 0.15) is 5.82 Å². The molecule has 1 aliphatic heterocycles. The molecule has 1 aliphatic rings. The third-order valence-corrected chi connectivity index (χ3v) is 4.01. The molecule has 21 heavy (non-hydrogen) atoms. The van der Waals surface area contributed by atoms with Crippen LogP contribution in [-0.2, 0) is 0 Å². The summed E-state index contributed by atoms with van der Waals surface area (Å²) in [6.07, 6.45) is 2.30. The van der Waals surface area contributed by atoms with Gasteiger partial charge in [-0.05, 0) is 51.1 Å². The van der Waals surface area contributed by atoms with Crippen molar-refractivity contribution >= 4 is 24.0 Å². The molecular formula is C16H19Cl2N3. The van der Waals surface area contributed by atoms with Gasteiger partial charge in [-0.25, -0.2) is 9.97 Å². The molecule has 2 heterocycles. The molecule has 0 saturated carbocycles. The molecule has 0 atom stereocenters. The summed E-state index contributed by atoms with van der Waals surface area (Å²) in [7, 11) is 0. The maximum absolute atomic E-state index is 5.94. The van der Waals surface area contributed by atoms with Crippen LogP contribution in [0.15, 0.2) is 30.3 Å². The molecule has 1 saturated heterocycles. The largest absolute Gasteiger partial charge is 0.317 e. The number of nitrogens with one attached hydrogen (secondary N) is 1. The molecule has 1 N–H and O–H groups in total. The lowest BCUT2D eigenvalue weighted by atomic mass is 9.93. The standard InChI is InChI=1S/C16H18ClN3.ClH/c1-11-19-15(12-2-4-14(17)5-3-12)10-16(20-11)13-6-8-18-9-7-13;/h2-5,10,13,18H,6-9H2,1H3;1H. The summed E-state index contributed by atoms with van der Waals surface area (Å²) in [5.41, 5.74) is 3.25. The zero-order chi connectivity index (χ0) is 13.9. The van der Waals surface area contributed by atoms with Crippen LogP contribution in [0.2, 0.25) is 5.02 Å². The first-order valence-corrected chi connectivity index (χ1v) is 7.42. The normalized spacial score (nSPS) is 15.5. The van der Waals surface area contributed by atoms with E-state index in [2.05, 4.69) is 21.4 Å². The van der Waals surface area contributed by atoms with Crippen LogP contribution in [0.5, 0.6) is 0 Å². The van der Waals surface area contributed by atoms with E-state index in [1.54, 1.807) is 0 Å². The maximum Gasteiger partial charge on any atom is 0.126 e. The third-order valence-electron chi connectivity index (χ3n) is 3.76. The average Bonchev–Trinajstić information content (AvgIpc) is 2.48. The highest BCUT2D eigenvalue weighted by atomic mass is 35.5. The minimum Gasteiger partial charge on any atom is -0.317 e. The number of hydrogen-bond acceptors (Lipinski definition) is 3. The molecule has 1 fully saturated rings. The lowest BCUT2D eigenvalue weighted by molar-refractivity contribution is 0.452. The smallest absolute Gasteiger partial charge is 0.126 e. The fourth-order valence-electron chi connectivity index (χ4n) is 2.69. The lowest BCUT2D eigenvalue weighted by Crippen LogP contribution is -2.27. The van der Waals surface area contributed by atoms with Crippen molar-refractivity contribution in [1.29, 1.82) is 0 Å². The first kappa shape index (κ1) is 16.2. The topological polar surface area (TPSA) is 37.8 Å². The number of halogens is 2. The summed E-state index contributed by atoms with van der Waals surface area (Å²) in [6, 6.07) is 9.95. The fraction of sp³-hybridized carbons (Fsp3) is 0.375. The Bertz CT molecular complexity index is 593. The van der Waals surface area contributed by atoms with Gasteiger partial charge in [-0.3, -0.25) is 0 Å². The maximum atomic E-state index is 5.94. The van der Waals surface area contributed by atoms with E-state index in [-0.39, 0.29) is 12.4 Å². The van der Waals surface area contributed by atoms with Crippen molar-refractivity contribution in [3.8, 4) is 11.3 Å². The van der Waals surface area contributed by atoms with Crippen LogP contribution in [-0.4, -0.2) is 23.1 Å². The first-order valence-electron chi connectivity index (χ1n) is 7.04. The Morgan fingerprint density at radius 3 is 2.43 bits per heavy atom. The van der Waals surface area contributed by atoms with Gasteiger partial charge in [0, 0.05) is 22.2 Å². The third kappa shape index (κ3) is 3.94. The molecule has 0 radical (unpaired) electrons. The zero-order valence-corrected chi connectivity index (χ0v) is 13.5. The van der Waals surface area contributed by atoms with Crippen LogP contribution in [0.4, 0.5) is 0 Å². The summed E-state index contributed by atoms with van der Waals surface area (Å²) in [5, 5.41) is 4.14. The Morgan fingerprint density at radius 2 is 1.76 bits per heavy atom. The lowest BCUT2D eigenvalue weighted by Gasteiger charge is -2.22. The molecule has 5 heteroatoms. The monoisotopic (exact) mass is 323 g/mol. The molecule has 0 spiro atoms. The van der Waals surface area contributed by atoms with Gasteiger partial charge in [-0.15, -0.1) is 12.4 Å². The molecular weight excluding hydrogens is 305 g/mol. The highest BCUT2D eigenvalue weighted by molar-refractivity contribution is 6.30. The number of hydrogen-bond donors (Lipinski definition) is 1. The van der Waals surface area contributed by atoms with Gasteiger partial charge in [0.05, 0.1) is 5.69 Å². The molecule has 0 aliphatic carbocycles. The van der Waals surface area contributed by atoms with Crippen LogP contribution in [0.1, 0.15) is 30.3 Å². The Morgan fingerprint density at radius 1 is 1.10 bits per heavy atom. The van der Waals surface area contributed by atoms with E-state index in [9.17, 15) is 0 Å². The second-order valence-electron chi connectivity index (χ2n) is 5.26. The predicted molar refractivity (Wildman–Crippen MR) is 89.3 cm³/mol. The zero-order valence-electron chi connectivity index (χ0n) is 12.0. The van der Waals surface area contributed by atoms with Crippen molar-refractivity contribution in [1.82, 2.24) is 15.3 Å². The SMILES string of the molecule is Cc1nc(-c2ccc(Cl)cc2)cc(C2CCNCC2)n1.Cl. The number of nitrogens with zero attached hydrogens (tertiary/aromatic N) is 2.